The van der Waals surface area contributed by atoms with Crippen molar-refractivity contribution in [2.24, 2.45) is 46.3 Å². The van der Waals surface area contributed by atoms with E-state index in [1.165, 1.54) is 25.5 Å². The van der Waals surface area contributed by atoms with Gasteiger partial charge >= 0.3 is 5.97 Å². The Hall–Kier alpha value is -1.71. The number of carbonyl (C=O) groups is 3. The highest BCUT2D eigenvalue weighted by Gasteiger charge is 2.59. The van der Waals surface area contributed by atoms with Gasteiger partial charge in [0.15, 0.2) is 5.78 Å². The van der Waals surface area contributed by atoms with E-state index in [0.717, 1.165) is 43.3 Å². The summed E-state index contributed by atoms with van der Waals surface area (Å²) in [4.78, 5) is 38.2. The molecule has 34 heavy (non-hydrogen) atoms. The van der Waals surface area contributed by atoms with Crippen molar-refractivity contribution < 1.29 is 19.1 Å². The van der Waals surface area contributed by atoms with Crippen LogP contribution in [-0.2, 0) is 19.1 Å². The van der Waals surface area contributed by atoms with Gasteiger partial charge in [-0.15, -0.1) is 0 Å². The first-order valence-electron chi connectivity index (χ1n) is 13.5. The topological polar surface area (TPSA) is 60.4 Å². The van der Waals surface area contributed by atoms with Gasteiger partial charge in [-0.05, 0) is 86.4 Å². The molecule has 4 heteroatoms. The number of carbonyl (C=O) groups excluding carboxylic acids is 3. The average molecular weight is 469 g/mol. The van der Waals surface area contributed by atoms with Crippen molar-refractivity contribution in [1.82, 2.24) is 0 Å². The van der Waals surface area contributed by atoms with Gasteiger partial charge in [0.05, 0.1) is 13.0 Å². The van der Waals surface area contributed by atoms with Gasteiger partial charge in [0.1, 0.15) is 5.78 Å². The van der Waals surface area contributed by atoms with E-state index in [9.17, 15) is 14.4 Å². The Kier molecular flexibility index (Phi) is 6.76. The van der Waals surface area contributed by atoms with Crippen LogP contribution >= 0.6 is 0 Å². The Labute approximate surface area is 206 Å². The monoisotopic (exact) mass is 468 g/mol. The van der Waals surface area contributed by atoms with Crippen LogP contribution in [0.15, 0.2) is 23.3 Å². The van der Waals surface area contributed by atoms with E-state index in [2.05, 4.69) is 34.3 Å². The van der Waals surface area contributed by atoms with Crippen molar-refractivity contribution in [3.05, 3.63) is 23.3 Å². The molecule has 4 aliphatic rings. The fraction of sp³-hybridized carbons (Fsp3) is 0.767. The van der Waals surface area contributed by atoms with Crippen LogP contribution in [0.1, 0.15) is 92.4 Å². The maximum Gasteiger partial charge on any atom is 0.312 e. The summed E-state index contributed by atoms with van der Waals surface area (Å²) in [6.07, 6.45) is 8.31. The highest BCUT2D eigenvalue weighted by atomic mass is 16.5. The van der Waals surface area contributed by atoms with Crippen LogP contribution in [0.3, 0.4) is 0 Å². The Morgan fingerprint density at radius 2 is 1.85 bits per heavy atom. The van der Waals surface area contributed by atoms with Crippen molar-refractivity contribution in [3.63, 3.8) is 0 Å². The smallest absolute Gasteiger partial charge is 0.312 e. The highest BCUT2D eigenvalue weighted by Crippen LogP contribution is 2.65. The molecule has 0 spiro atoms. The van der Waals surface area contributed by atoms with Gasteiger partial charge in [-0.2, -0.15) is 0 Å². The third-order valence-electron chi connectivity index (χ3n) is 10.9. The zero-order valence-electron chi connectivity index (χ0n) is 22.2. The minimum Gasteiger partial charge on any atom is -0.469 e. The fourth-order valence-corrected chi connectivity index (χ4v) is 8.73. The Balaban J connectivity index is 1.54. The SMILES string of the molecule is C=C(CC[C@@H](C)[C@H]1CC[C@H]2C3=C(C(=O)C[C@]12C)[C@@]1(C)CCC(=O)[C@@H](C)[C@H]1CC3)[C@H](C)C(=O)OC. The van der Waals surface area contributed by atoms with Crippen molar-refractivity contribution in [2.75, 3.05) is 7.11 Å². The number of ether oxygens (including phenoxy) is 1. The van der Waals surface area contributed by atoms with Crippen molar-refractivity contribution >= 4 is 17.5 Å². The molecule has 0 heterocycles. The highest BCUT2D eigenvalue weighted by molar-refractivity contribution is 6.00. The lowest BCUT2D eigenvalue weighted by atomic mass is 9.48. The molecule has 0 aromatic heterocycles. The Bertz CT molecular complexity index is 928. The minimum atomic E-state index is -0.270. The third kappa shape index (κ3) is 3.84. The first kappa shape index (κ1) is 25.4. The summed E-state index contributed by atoms with van der Waals surface area (Å²) >= 11 is 0. The van der Waals surface area contributed by atoms with Crippen LogP contribution in [0, 0.1) is 46.3 Å². The molecule has 0 N–H and O–H groups in total. The van der Waals surface area contributed by atoms with Gasteiger partial charge in [0.25, 0.3) is 0 Å². The summed E-state index contributed by atoms with van der Waals surface area (Å²) in [6.45, 7) is 15.1. The van der Waals surface area contributed by atoms with Crippen LogP contribution in [0.5, 0.6) is 0 Å². The Morgan fingerprint density at radius 3 is 2.53 bits per heavy atom. The lowest BCUT2D eigenvalue weighted by Crippen LogP contribution is -2.50. The molecule has 0 saturated heterocycles. The molecule has 0 unspecified atom stereocenters. The molecule has 0 radical (unpaired) electrons. The number of methoxy groups -OCH3 is 1. The summed E-state index contributed by atoms with van der Waals surface area (Å²) in [5.74, 6) is 2.14. The normalized spacial score (nSPS) is 39.1. The van der Waals surface area contributed by atoms with Crippen LogP contribution in [0.25, 0.3) is 0 Å². The molecule has 2 fully saturated rings. The van der Waals surface area contributed by atoms with E-state index in [4.69, 9.17) is 4.74 Å². The maximum absolute atomic E-state index is 13.8. The van der Waals surface area contributed by atoms with E-state index in [0.29, 0.717) is 48.1 Å². The van der Waals surface area contributed by atoms with Crippen molar-refractivity contribution in [3.8, 4) is 0 Å². The molecular weight excluding hydrogens is 424 g/mol. The van der Waals surface area contributed by atoms with E-state index < -0.39 is 0 Å². The molecule has 0 bridgehead atoms. The largest absolute Gasteiger partial charge is 0.469 e. The number of Topliss-reactive ketones (excluding diaryl/α,β-unsaturated/α-hetero) is 2. The second-order valence-electron chi connectivity index (χ2n) is 12.5. The van der Waals surface area contributed by atoms with Crippen LogP contribution in [0.2, 0.25) is 0 Å². The molecule has 4 aliphatic carbocycles. The molecule has 0 aliphatic heterocycles. The summed E-state index contributed by atoms with van der Waals surface area (Å²) in [6, 6.07) is 0. The summed E-state index contributed by atoms with van der Waals surface area (Å²) in [5.41, 5.74) is 3.43. The average Bonchev–Trinajstić information content (AvgIpc) is 3.15. The van der Waals surface area contributed by atoms with Crippen molar-refractivity contribution in [1.29, 1.82) is 0 Å². The first-order chi connectivity index (χ1) is 16.0. The zero-order chi connectivity index (χ0) is 25.0. The molecule has 2 saturated carbocycles. The van der Waals surface area contributed by atoms with Crippen LogP contribution in [-0.4, -0.2) is 24.6 Å². The van der Waals surface area contributed by atoms with E-state index in [1.54, 1.807) is 0 Å². The molecule has 0 amide bonds. The van der Waals surface area contributed by atoms with Gasteiger partial charge in [-0.3, -0.25) is 14.4 Å². The van der Waals surface area contributed by atoms with E-state index in [-0.39, 0.29) is 28.6 Å². The van der Waals surface area contributed by atoms with Crippen LogP contribution < -0.4 is 0 Å². The molecule has 8 atom stereocenters. The lowest BCUT2D eigenvalue weighted by molar-refractivity contribution is -0.143. The minimum absolute atomic E-state index is 0.0178. The number of hydrogen-bond acceptors (Lipinski definition) is 4. The molecular formula is C30H44O4. The first-order valence-corrected chi connectivity index (χ1v) is 13.5. The molecule has 0 aromatic carbocycles. The second kappa shape index (κ2) is 9.06. The molecule has 188 valence electrons. The van der Waals surface area contributed by atoms with E-state index in [1.807, 2.05) is 6.92 Å². The third-order valence-corrected chi connectivity index (χ3v) is 10.9. The second-order valence-corrected chi connectivity index (χ2v) is 12.5. The van der Waals surface area contributed by atoms with Gasteiger partial charge < -0.3 is 4.74 Å². The summed E-state index contributed by atoms with van der Waals surface area (Å²) < 4.78 is 4.89. The summed E-state index contributed by atoms with van der Waals surface area (Å²) in [5, 5.41) is 0. The number of hydrogen-bond donors (Lipinski definition) is 0. The predicted octanol–water partition coefficient (Wildman–Crippen LogP) is 6.49. The number of fused-ring (bicyclic) bond motifs is 4. The quantitative estimate of drug-likeness (QED) is 0.330. The number of esters is 1. The fourth-order valence-electron chi connectivity index (χ4n) is 8.73. The van der Waals surface area contributed by atoms with Gasteiger partial charge in [-0.1, -0.05) is 45.4 Å². The molecule has 4 rings (SSSR count). The number of rotatable bonds is 6. The lowest BCUT2D eigenvalue weighted by Gasteiger charge is -2.54. The van der Waals surface area contributed by atoms with Gasteiger partial charge in [-0.25, -0.2) is 0 Å². The standard InChI is InChI=1S/C30H44O4/c1-17(19(3)28(33)34-7)8-9-18(2)22-12-13-24-21-10-11-23-20(4)25(31)14-15-29(23,5)27(21)26(32)16-30(22,24)6/h18-20,22-24H,1,8-16H2,2-7H3/t18-,19+,20+,22-,23-,24+,29+,30-/m1/s1. The van der Waals surface area contributed by atoms with Gasteiger partial charge in [0.2, 0.25) is 0 Å². The Morgan fingerprint density at radius 1 is 1.15 bits per heavy atom. The maximum atomic E-state index is 13.8. The molecule has 4 nitrogen and oxygen atoms in total. The zero-order valence-corrected chi connectivity index (χ0v) is 22.2. The number of allylic oxidation sites excluding steroid dienone is 2. The van der Waals surface area contributed by atoms with Crippen LogP contribution in [0.4, 0.5) is 0 Å². The van der Waals surface area contributed by atoms with Gasteiger partial charge in [0, 0.05) is 24.3 Å². The predicted molar refractivity (Wildman–Crippen MR) is 134 cm³/mol. The molecule has 0 aromatic rings. The number of ketones is 2. The van der Waals surface area contributed by atoms with Crippen molar-refractivity contribution in [2.45, 2.75) is 92.4 Å². The van der Waals surface area contributed by atoms with E-state index >= 15 is 0 Å². The summed E-state index contributed by atoms with van der Waals surface area (Å²) in [7, 11) is 1.43.